The molecule has 1 aromatic heterocycles. The molecular formula is C28H31N. The molecule has 0 radical (unpaired) electrons. The van der Waals surface area contributed by atoms with E-state index in [0.717, 1.165) is 59.3 Å². The van der Waals surface area contributed by atoms with E-state index in [0.29, 0.717) is 5.92 Å². The summed E-state index contributed by atoms with van der Waals surface area (Å²) < 4.78 is 0. The average molecular weight is 382 g/mol. The fraction of sp³-hybridized carbons (Fsp3) is 0.250. The largest absolute Gasteiger partial charge is 0.248 e. The van der Waals surface area contributed by atoms with E-state index in [1.54, 1.807) is 0 Å². The molecule has 2 aromatic rings. The van der Waals surface area contributed by atoms with E-state index in [1.807, 2.05) is 6.07 Å². The standard InChI is InChI=1S/C28H31N/c1-21(2)20-23(4)26-18-19-27(25-14-10-7-11-15-25)29-28(26)22(3)16-17-24-12-8-5-6-9-13-24/h5-8,10-15,18-19,21H,3-4,9,16-17,20H2,1-2H3. The molecule has 0 spiro atoms. The van der Waals surface area contributed by atoms with E-state index in [-0.39, 0.29) is 0 Å². The summed E-state index contributed by atoms with van der Waals surface area (Å²) in [5.74, 6) is 0.561. The second-order valence-electron chi connectivity index (χ2n) is 8.07. The fourth-order valence-electron chi connectivity index (χ4n) is 3.61. The zero-order chi connectivity index (χ0) is 20.6. The van der Waals surface area contributed by atoms with Crippen LogP contribution in [0.3, 0.4) is 0 Å². The number of rotatable bonds is 8. The Balaban J connectivity index is 1.88. The van der Waals surface area contributed by atoms with E-state index in [4.69, 9.17) is 4.98 Å². The van der Waals surface area contributed by atoms with Crippen molar-refractivity contribution in [3.8, 4) is 11.3 Å². The smallest absolute Gasteiger partial charge is 0.0738 e. The third kappa shape index (κ3) is 5.77. The molecule has 1 heterocycles. The molecule has 0 saturated heterocycles. The van der Waals surface area contributed by atoms with E-state index in [2.05, 4.69) is 93.8 Å². The lowest BCUT2D eigenvalue weighted by Gasteiger charge is -2.16. The van der Waals surface area contributed by atoms with Gasteiger partial charge in [-0.25, -0.2) is 4.98 Å². The van der Waals surface area contributed by atoms with Gasteiger partial charge in [0.05, 0.1) is 11.4 Å². The molecular weight excluding hydrogens is 350 g/mol. The first-order chi connectivity index (χ1) is 14.0. The minimum absolute atomic E-state index is 0.561. The van der Waals surface area contributed by atoms with Crippen LogP contribution < -0.4 is 0 Å². The summed E-state index contributed by atoms with van der Waals surface area (Å²) in [6.45, 7) is 13.2. The average Bonchev–Trinajstić information content (AvgIpc) is 3.00. The molecule has 0 unspecified atom stereocenters. The highest BCUT2D eigenvalue weighted by Gasteiger charge is 2.14. The quantitative estimate of drug-likeness (QED) is 0.451. The van der Waals surface area contributed by atoms with Crippen molar-refractivity contribution in [2.24, 2.45) is 5.92 Å². The van der Waals surface area contributed by atoms with Crippen LogP contribution in [-0.4, -0.2) is 4.98 Å². The van der Waals surface area contributed by atoms with Crippen molar-refractivity contribution < 1.29 is 0 Å². The van der Waals surface area contributed by atoms with Crippen LogP contribution in [0.5, 0.6) is 0 Å². The lowest BCUT2D eigenvalue weighted by Crippen LogP contribution is -2.01. The number of nitrogens with zero attached hydrogens (tertiary/aromatic N) is 1. The van der Waals surface area contributed by atoms with Gasteiger partial charge >= 0.3 is 0 Å². The maximum Gasteiger partial charge on any atom is 0.0738 e. The van der Waals surface area contributed by atoms with Gasteiger partial charge in [0.15, 0.2) is 0 Å². The molecule has 0 saturated carbocycles. The van der Waals surface area contributed by atoms with E-state index in [9.17, 15) is 0 Å². The molecule has 3 rings (SSSR count). The van der Waals surface area contributed by atoms with Crippen molar-refractivity contribution in [1.29, 1.82) is 0 Å². The zero-order valence-corrected chi connectivity index (χ0v) is 17.7. The number of pyridine rings is 1. The first-order valence-electron chi connectivity index (χ1n) is 10.5. The predicted octanol–water partition coefficient (Wildman–Crippen LogP) is 8.04. The molecule has 0 N–H and O–H groups in total. The summed E-state index contributed by atoms with van der Waals surface area (Å²) in [5, 5.41) is 0. The summed E-state index contributed by atoms with van der Waals surface area (Å²) in [6, 6.07) is 14.6. The molecule has 0 aliphatic heterocycles. The zero-order valence-electron chi connectivity index (χ0n) is 17.7. The van der Waals surface area contributed by atoms with Crippen LogP contribution in [-0.2, 0) is 0 Å². The Kier molecular flexibility index (Phi) is 7.19. The van der Waals surface area contributed by atoms with Crippen molar-refractivity contribution in [3.63, 3.8) is 0 Å². The SMILES string of the molecule is C=C(CC(C)C)c1ccc(-c2ccccc2)nc1C(=C)CCC1=CCC=CC=C1. The van der Waals surface area contributed by atoms with Crippen molar-refractivity contribution in [2.45, 2.75) is 39.5 Å². The molecule has 1 nitrogen and oxygen atoms in total. The summed E-state index contributed by atoms with van der Waals surface area (Å²) in [4.78, 5) is 5.04. The van der Waals surface area contributed by atoms with Crippen LogP contribution >= 0.6 is 0 Å². The fourth-order valence-corrected chi connectivity index (χ4v) is 3.61. The molecule has 29 heavy (non-hydrogen) atoms. The summed E-state index contributed by atoms with van der Waals surface area (Å²) >= 11 is 0. The molecule has 1 aliphatic rings. The predicted molar refractivity (Wildman–Crippen MR) is 127 cm³/mol. The van der Waals surface area contributed by atoms with Gasteiger partial charge in [0.1, 0.15) is 0 Å². The topological polar surface area (TPSA) is 12.9 Å². The van der Waals surface area contributed by atoms with Gasteiger partial charge < -0.3 is 0 Å². The highest BCUT2D eigenvalue weighted by Crippen LogP contribution is 2.32. The lowest BCUT2D eigenvalue weighted by molar-refractivity contribution is 0.674. The van der Waals surface area contributed by atoms with Crippen LogP contribution in [0.4, 0.5) is 0 Å². The summed E-state index contributed by atoms with van der Waals surface area (Å²) in [7, 11) is 0. The molecule has 1 heteroatoms. The van der Waals surface area contributed by atoms with Gasteiger partial charge in [-0.3, -0.25) is 0 Å². The van der Waals surface area contributed by atoms with Gasteiger partial charge in [-0.2, -0.15) is 0 Å². The highest BCUT2D eigenvalue weighted by atomic mass is 14.7. The number of hydrogen-bond donors (Lipinski definition) is 0. The van der Waals surface area contributed by atoms with E-state index >= 15 is 0 Å². The van der Waals surface area contributed by atoms with Crippen molar-refractivity contribution >= 4 is 11.1 Å². The lowest BCUT2D eigenvalue weighted by atomic mass is 9.92. The van der Waals surface area contributed by atoms with Crippen LogP contribution in [0.25, 0.3) is 22.4 Å². The second-order valence-corrected chi connectivity index (χ2v) is 8.07. The Hall–Kier alpha value is -2.93. The molecule has 0 atom stereocenters. The third-order valence-corrected chi connectivity index (χ3v) is 5.12. The summed E-state index contributed by atoms with van der Waals surface area (Å²) in [6.07, 6.45) is 14.7. The van der Waals surface area contributed by atoms with Crippen LogP contribution in [0.2, 0.25) is 0 Å². The minimum Gasteiger partial charge on any atom is -0.248 e. The van der Waals surface area contributed by atoms with Gasteiger partial charge in [0.2, 0.25) is 0 Å². The highest BCUT2D eigenvalue weighted by molar-refractivity contribution is 5.78. The molecule has 0 fully saturated rings. The van der Waals surface area contributed by atoms with Crippen LogP contribution in [0.15, 0.2) is 91.6 Å². The Morgan fingerprint density at radius 3 is 2.55 bits per heavy atom. The normalized spacial score (nSPS) is 13.3. The Morgan fingerprint density at radius 1 is 1.00 bits per heavy atom. The number of allylic oxidation sites excluding steroid dienone is 8. The van der Waals surface area contributed by atoms with Crippen molar-refractivity contribution in [3.05, 3.63) is 103 Å². The van der Waals surface area contributed by atoms with Crippen LogP contribution in [0, 0.1) is 5.92 Å². The Bertz CT molecular complexity index is 955. The first-order valence-corrected chi connectivity index (χ1v) is 10.5. The van der Waals surface area contributed by atoms with Crippen molar-refractivity contribution in [2.75, 3.05) is 0 Å². The van der Waals surface area contributed by atoms with Gasteiger partial charge in [-0.05, 0) is 48.8 Å². The Labute approximate surface area is 175 Å². The van der Waals surface area contributed by atoms with E-state index < -0.39 is 0 Å². The molecule has 1 aromatic carbocycles. The van der Waals surface area contributed by atoms with E-state index in [1.165, 1.54) is 5.57 Å². The van der Waals surface area contributed by atoms with Crippen LogP contribution in [0.1, 0.15) is 50.8 Å². The summed E-state index contributed by atoms with van der Waals surface area (Å²) in [5.41, 5.74) is 7.82. The van der Waals surface area contributed by atoms with Gasteiger partial charge in [-0.1, -0.05) is 99.4 Å². The van der Waals surface area contributed by atoms with Gasteiger partial charge in [0.25, 0.3) is 0 Å². The molecule has 0 amide bonds. The Morgan fingerprint density at radius 2 is 1.79 bits per heavy atom. The first kappa shape index (κ1) is 20.8. The number of benzene rings is 1. The maximum atomic E-state index is 5.04. The maximum absolute atomic E-state index is 5.04. The van der Waals surface area contributed by atoms with Crippen molar-refractivity contribution in [1.82, 2.24) is 4.98 Å². The molecule has 1 aliphatic carbocycles. The number of aromatic nitrogens is 1. The number of hydrogen-bond acceptors (Lipinski definition) is 1. The minimum atomic E-state index is 0.561. The molecule has 0 bridgehead atoms. The third-order valence-electron chi connectivity index (χ3n) is 5.12. The van der Waals surface area contributed by atoms with Gasteiger partial charge in [0, 0.05) is 11.1 Å². The van der Waals surface area contributed by atoms with Gasteiger partial charge in [-0.15, -0.1) is 0 Å². The monoisotopic (exact) mass is 381 g/mol. The second kappa shape index (κ2) is 10.0. The molecule has 148 valence electrons.